The van der Waals surface area contributed by atoms with Gasteiger partial charge in [-0.3, -0.25) is 4.79 Å². The summed E-state index contributed by atoms with van der Waals surface area (Å²) >= 11 is 0. The zero-order chi connectivity index (χ0) is 22.9. The molecule has 164 valence electrons. The topological polar surface area (TPSA) is 87.7 Å². The Kier molecular flexibility index (Phi) is 5.10. The second-order valence-electron chi connectivity index (χ2n) is 7.31. The van der Waals surface area contributed by atoms with E-state index in [9.17, 15) is 9.59 Å². The van der Waals surface area contributed by atoms with Crippen molar-refractivity contribution >= 4 is 22.6 Å². The summed E-state index contributed by atoms with van der Waals surface area (Å²) < 4.78 is 13.5. The van der Waals surface area contributed by atoms with E-state index in [-0.39, 0.29) is 12.2 Å². The lowest BCUT2D eigenvalue weighted by atomic mass is 10.1. The third-order valence-electron chi connectivity index (χ3n) is 5.42. The third-order valence-corrected chi connectivity index (χ3v) is 5.42. The first-order chi connectivity index (χ1) is 16.1. The molecule has 0 N–H and O–H groups in total. The van der Waals surface area contributed by atoms with Crippen molar-refractivity contribution in [1.29, 1.82) is 0 Å². The van der Waals surface area contributed by atoms with E-state index in [4.69, 9.17) is 9.47 Å². The molecule has 5 rings (SSSR count). The molecule has 0 fully saturated rings. The van der Waals surface area contributed by atoms with E-state index in [2.05, 4.69) is 9.97 Å². The lowest BCUT2D eigenvalue weighted by Crippen LogP contribution is -2.24. The van der Waals surface area contributed by atoms with Crippen LogP contribution in [0.25, 0.3) is 33.5 Å². The molecule has 2 aromatic carbocycles. The summed E-state index contributed by atoms with van der Waals surface area (Å²) in [5.41, 5.74) is 3.06. The van der Waals surface area contributed by atoms with Crippen molar-refractivity contribution in [2.24, 2.45) is 0 Å². The molecule has 0 amide bonds. The Hall–Kier alpha value is -4.46. The largest absolute Gasteiger partial charge is 0.497 e. The highest BCUT2D eigenvalue weighted by Crippen LogP contribution is 2.34. The van der Waals surface area contributed by atoms with Gasteiger partial charge in [-0.1, -0.05) is 30.3 Å². The summed E-state index contributed by atoms with van der Waals surface area (Å²) in [6.07, 6.45) is 4.64. The predicted molar refractivity (Wildman–Crippen MR) is 124 cm³/mol. The highest BCUT2D eigenvalue weighted by molar-refractivity contribution is 6.04. The smallest absolute Gasteiger partial charge is 0.345 e. The van der Waals surface area contributed by atoms with Gasteiger partial charge in [-0.25, -0.2) is 19.2 Å². The standard InChI is InChI=1S/C25H20N4O4/c1-3-33-25(31)19-13-26-22-21-20(16-9-11-18(32-2)12-10-16)14-28(17-7-5-4-6-8-17)23(21)27-15-29(22)24(19)30/h4-15H,3H2,1-2H3. The minimum absolute atomic E-state index is 0.135. The van der Waals surface area contributed by atoms with Crippen LogP contribution < -0.4 is 10.3 Å². The van der Waals surface area contributed by atoms with Crippen LogP contribution in [0, 0.1) is 0 Å². The van der Waals surface area contributed by atoms with Crippen molar-refractivity contribution in [3.8, 4) is 22.6 Å². The number of fused-ring (bicyclic) bond motifs is 3. The number of aromatic nitrogens is 4. The van der Waals surface area contributed by atoms with Gasteiger partial charge < -0.3 is 14.0 Å². The fourth-order valence-electron chi connectivity index (χ4n) is 3.84. The van der Waals surface area contributed by atoms with Crippen LogP contribution >= 0.6 is 0 Å². The van der Waals surface area contributed by atoms with Crippen LogP contribution in [0.4, 0.5) is 0 Å². The maximum atomic E-state index is 13.1. The average Bonchev–Trinajstić information content (AvgIpc) is 3.25. The molecule has 0 unspecified atom stereocenters. The van der Waals surface area contributed by atoms with Crippen LogP contribution in [-0.4, -0.2) is 38.6 Å². The summed E-state index contributed by atoms with van der Waals surface area (Å²) in [4.78, 5) is 34.3. The zero-order valence-electron chi connectivity index (χ0n) is 18.1. The molecule has 3 heterocycles. The summed E-state index contributed by atoms with van der Waals surface area (Å²) in [6.45, 7) is 1.85. The molecule has 0 radical (unpaired) electrons. The second kappa shape index (κ2) is 8.23. The number of benzene rings is 2. The van der Waals surface area contributed by atoms with E-state index in [1.54, 1.807) is 14.0 Å². The third kappa shape index (κ3) is 3.41. The molecule has 8 heteroatoms. The Labute approximate surface area is 188 Å². The zero-order valence-corrected chi connectivity index (χ0v) is 18.1. The Morgan fingerprint density at radius 2 is 1.76 bits per heavy atom. The van der Waals surface area contributed by atoms with Crippen molar-refractivity contribution in [2.75, 3.05) is 13.7 Å². The van der Waals surface area contributed by atoms with Crippen LogP contribution in [-0.2, 0) is 4.74 Å². The van der Waals surface area contributed by atoms with Crippen LogP contribution in [0.2, 0.25) is 0 Å². The normalized spacial score (nSPS) is 11.1. The Balaban J connectivity index is 1.83. The van der Waals surface area contributed by atoms with Gasteiger partial charge >= 0.3 is 5.97 Å². The number of para-hydroxylation sites is 1. The molecule has 0 spiro atoms. The van der Waals surface area contributed by atoms with E-state index in [0.29, 0.717) is 16.7 Å². The van der Waals surface area contributed by atoms with Crippen molar-refractivity contribution in [1.82, 2.24) is 18.9 Å². The fourth-order valence-corrected chi connectivity index (χ4v) is 3.84. The quantitative estimate of drug-likeness (QED) is 0.386. The Morgan fingerprint density at radius 3 is 2.45 bits per heavy atom. The number of carbonyl (C=O) groups excluding carboxylic acids is 1. The Morgan fingerprint density at radius 1 is 1.00 bits per heavy atom. The maximum absolute atomic E-state index is 13.1. The highest BCUT2D eigenvalue weighted by Gasteiger charge is 2.20. The number of hydrogen-bond acceptors (Lipinski definition) is 6. The molecular weight excluding hydrogens is 420 g/mol. The number of esters is 1. The van der Waals surface area contributed by atoms with Gasteiger partial charge in [0.1, 0.15) is 17.6 Å². The lowest BCUT2D eigenvalue weighted by Gasteiger charge is -2.07. The summed E-state index contributed by atoms with van der Waals surface area (Å²) in [5, 5.41) is 0.694. The predicted octanol–water partition coefficient (Wildman–Crippen LogP) is 3.89. The average molecular weight is 440 g/mol. The van der Waals surface area contributed by atoms with E-state index < -0.39 is 11.5 Å². The molecule has 3 aromatic heterocycles. The van der Waals surface area contributed by atoms with Gasteiger partial charge in [0.05, 0.1) is 19.1 Å². The van der Waals surface area contributed by atoms with Gasteiger partial charge in [0, 0.05) is 23.6 Å². The SMILES string of the molecule is CCOC(=O)c1cnc2c3c(-c4ccc(OC)cc4)cn(-c4ccccc4)c3ncn2c1=O. The number of hydrogen-bond donors (Lipinski definition) is 0. The van der Waals surface area contributed by atoms with Gasteiger partial charge in [0.25, 0.3) is 5.56 Å². The van der Waals surface area contributed by atoms with E-state index >= 15 is 0 Å². The van der Waals surface area contributed by atoms with Crippen LogP contribution in [0.5, 0.6) is 5.75 Å². The van der Waals surface area contributed by atoms with Crippen LogP contribution in [0.15, 0.2) is 78.1 Å². The molecule has 0 aliphatic rings. The first-order valence-electron chi connectivity index (χ1n) is 10.4. The molecular formula is C25H20N4O4. The molecule has 0 atom stereocenters. The number of rotatable bonds is 5. The van der Waals surface area contributed by atoms with Crippen molar-refractivity contribution in [2.45, 2.75) is 6.92 Å². The molecule has 0 aliphatic heterocycles. The number of methoxy groups -OCH3 is 1. The van der Waals surface area contributed by atoms with Gasteiger partial charge in [-0.05, 0) is 36.8 Å². The second-order valence-corrected chi connectivity index (χ2v) is 7.31. The van der Waals surface area contributed by atoms with E-state index in [1.807, 2.05) is 65.4 Å². The first-order valence-corrected chi connectivity index (χ1v) is 10.4. The van der Waals surface area contributed by atoms with Gasteiger partial charge in [-0.2, -0.15) is 0 Å². The number of nitrogens with zero attached hydrogens (tertiary/aromatic N) is 4. The molecule has 0 bridgehead atoms. The molecule has 0 saturated heterocycles. The Bertz CT molecular complexity index is 1540. The molecule has 0 aliphatic carbocycles. The summed E-state index contributed by atoms with van der Waals surface area (Å²) in [6, 6.07) is 17.4. The van der Waals surface area contributed by atoms with Gasteiger partial charge in [0.2, 0.25) is 0 Å². The molecule has 0 saturated carbocycles. The minimum Gasteiger partial charge on any atom is -0.497 e. The maximum Gasteiger partial charge on any atom is 0.345 e. The van der Waals surface area contributed by atoms with E-state index in [1.165, 1.54) is 16.9 Å². The number of ether oxygens (including phenoxy) is 2. The summed E-state index contributed by atoms with van der Waals surface area (Å²) in [7, 11) is 1.62. The monoisotopic (exact) mass is 440 g/mol. The van der Waals surface area contributed by atoms with Crippen LogP contribution in [0.1, 0.15) is 17.3 Å². The van der Waals surface area contributed by atoms with E-state index in [0.717, 1.165) is 22.6 Å². The first kappa shape index (κ1) is 20.4. The van der Waals surface area contributed by atoms with Gasteiger partial charge in [-0.15, -0.1) is 0 Å². The highest BCUT2D eigenvalue weighted by atomic mass is 16.5. The van der Waals surface area contributed by atoms with Crippen LogP contribution in [0.3, 0.4) is 0 Å². The molecule has 8 nitrogen and oxygen atoms in total. The van der Waals surface area contributed by atoms with Crippen molar-refractivity contribution in [3.63, 3.8) is 0 Å². The molecule has 5 aromatic rings. The number of carbonyl (C=O) groups is 1. The van der Waals surface area contributed by atoms with Gasteiger partial charge in [0.15, 0.2) is 11.3 Å². The minimum atomic E-state index is -0.707. The van der Waals surface area contributed by atoms with Crippen molar-refractivity contribution < 1.29 is 14.3 Å². The summed E-state index contributed by atoms with van der Waals surface area (Å²) in [5.74, 6) is 0.0312. The van der Waals surface area contributed by atoms with Crippen molar-refractivity contribution in [3.05, 3.63) is 89.2 Å². The molecule has 33 heavy (non-hydrogen) atoms. The lowest BCUT2D eigenvalue weighted by molar-refractivity contribution is 0.0523. The fraction of sp³-hybridized carbons (Fsp3) is 0.120.